The highest BCUT2D eigenvalue weighted by atomic mass is 15.3. The number of nitrogens with one attached hydrogen (secondary N) is 1. The van der Waals surface area contributed by atoms with E-state index in [0.717, 1.165) is 6.04 Å². The van der Waals surface area contributed by atoms with E-state index in [9.17, 15) is 0 Å². The van der Waals surface area contributed by atoms with Gasteiger partial charge in [0, 0.05) is 24.7 Å². The molecule has 2 aliphatic rings. The second kappa shape index (κ2) is 6.13. The minimum atomic E-state index is 0.460. The van der Waals surface area contributed by atoms with E-state index in [1.807, 2.05) is 0 Å². The molecule has 0 aromatic rings. The topological polar surface area (TPSA) is 15.3 Å². The van der Waals surface area contributed by atoms with Crippen molar-refractivity contribution < 1.29 is 0 Å². The number of rotatable bonds is 3. The van der Waals surface area contributed by atoms with Crippen LogP contribution >= 0.6 is 0 Å². The van der Waals surface area contributed by atoms with Gasteiger partial charge in [-0.25, -0.2) is 0 Å². The summed E-state index contributed by atoms with van der Waals surface area (Å²) in [7, 11) is 0. The van der Waals surface area contributed by atoms with Gasteiger partial charge in [0.2, 0.25) is 0 Å². The predicted molar refractivity (Wildman–Crippen MR) is 83.5 cm³/mol. The Balaban J connectivity index is 1.96. The fourth-order valence-corrected chi connectivity index (χ4v) is 3.74. The van der Waals surface area contributed by atoms with Gasteiger partial charge in [-0.1, -0.05) is 47.0 Å². The van der Waals surface area contributed by atoms with Gasteiger partial charge in [0.15, 0.2) is 0 Å². The highest BCUT2D eigenvalue weighted by molar-refractivity contribution is 4.99. The monoisotopic (exact) mass is 266 g/mol. The van der Waals surface area contributed by atoms with Crippen molar-refractivity contribution in [2.24, 2.45) is 5.41 Å². The molecule has 1 aliphatic heterocycles. The van der Waals surface area contributed by atoms with Crippen molar-refractivity contribution in [2.75, 3.05) is 19.6 Å². The average molecular weight is 266 g/mol. The van der Waals surface area contributed by atoms with E-state index in [-0.39, 0.29) is 0 Å². The van der Waals surface area contributed by atoms with E-state index in [2.05, 4.69) is 37.9 Å². The molecule has 1 N–H and O–H groups in total. The van der Waals surface area contributed by atoms with Crippen LogP contribution in [0.5, 0.6) is 0 Å². The lowest BCUT2D eigenvalue weighted by molar-refractivity contribution is 0.0467. The minimum Gasteiger partial charge on any atom is -0.308 e. The predicted octanol–water partition coefficient (Wildman–Crippen LogP) is 3.81. The average Bonchev–Trinajstić information content (AvgIpc) is 2.37. The van der Waals surface area contributed by atoms with Crippen molar-refractivity contribution in [3.8, 4) is 0 Å². The van der Waals surface area contributed by atoms with Crippen LogP contribution in [-0.2, 0) is 0 Å². The highest BCUT2D eigenvalue weighted by Gasteiger charge is 2.39. The standard InChI is InChI=1S/C17H34N2/c1-5-15-13-18-17(9-7-6-8-10-17)14-19(15)12-11-16(2,3)4/h15,18H,5-14H2,1-4H3. The van der Waals surface area contributed by atoms with Gasteiger partial charge >= 0.3 is 0 Å². The second-order valence-corrected chi connectivity index (χ2v) is 8.07. The Labute approximate surface area is 120 Å². The van der Waals surface area contributed by atoms with Crippen LogP contribution in [0.4, 0.5) is 0 Å². The van der Waals surface area contributed by atoms with Crippen LogP contribution in [0.15, 0.2) is 0 Å². The molecule has 2 nitrogen and oxygen atoms in total. The molecule has 1 spiro atoms. The summed E-state index contributed by atoms with van der Waals surface area (Å²) in [6.07, 6.45) is 9.70. The number of hydrogen-bond donors (Lipinski definition) is 1. The Hall–Kier alpha value is -0.0800. The molecule has 2 rings (SSSR count). The quantitative estimate of drug-likeness (QED) is 0.835. The molecule has 2 heteroatoms. The summed E-state index contributed by atoms with van der Waals surface area (Å²) >= 11 is 0. The van der Waals surface area contributed by atoms with Gasteiger partial charge in [-0.15, -0.1) is 0 Å². The molecule has 2 fully saturated rings. The van der Waals surface area contributed by atoms with Gasteiger partial charge in [-0.05, 0) is 37.6 Å². The highest BCUT2D eigenvalue weighted by Crippen LogP contribution is 2.33. The molecule has 112 valence electrons. The fourth-order valence-electron chi connectivity index (χ4n) is 3.74. The molecule has 19 heavy (non-hydrogen) atoms. The van der Waals surface area contributed by atoms with Crippen molar-refractivity contribution in [2.45, 2.75) is 84.2 Å². The molecule has 1 atom stereocenters. The molecule has 0 radical (unpaired) electrons. The van der Waals surface area contributed by atoms with E-state index in [1.165, 1.54) is 64.6 Å². The van der Waals surface area contributed by atoms with Gasteiger partial charge in [-0.2, -0.15) is 0 Å². The molecule has 1 unspecified atom stereocenters. The summed E-state index contributed by atoms with van der Waals surface area (Å²) in [6.45, 7) is 13.2. The first-order valence-electron chi connectivity index (χ1n) is 8.43. The zero-order valence-electron chi connectivity index (χ0n) is 13.6. The van der Waals surface area contributed by atoms with Crippen molar-refractivity contribution in [3.05, 3.63) is 0 Å². The zero-order valence-corrected chi connectivity index (χ0v) is 13.6. The maximum atomic E-state index is 3.92. The molecule has 0 aromatic heterocycles. The molecule has 0 amide bonds. The molecular weight excluding hydrogens is 232 g/mol. The molecule has 0 bridgehead atoms. The smallest absolute Gasteiger partial charge is 0.0309 e. The normalized spacial score (nSPS) is 28.7. The van der Waals surface area contributed by atoms with Crippen LogP contribution in [-0.4, -0.2) is 36.1 Å². The Morgan fingerprint density at radius 1 is 1.16 bits per heavy atom. The van der Waals surface area contributed by atoms with Crippen LogP contribution in [0.3, 0.4) is 0 Å². The van der Waals surface area contributed by atoms with Crippen molar-refractivity contribution in [1.82, 2.24) is 10.2 Å². The Kier molecular flexibility index (Phi) is 4.94. The molecule has 1 aliphatic carbocycles. The van der Waals surface area contributed by atoms with E-state index in [4.69, 9.17) is 0 Å². The first kappa shape index (κ1) is 15.3. The fraction of sp³-hybridized carbons (Fsp3) is 1.00. The van der Waals surface area contributed by atoms with Gasteiger partial charge < -0.3 is 5.32 Å². The largest absolute Gasteiger partial charge is 0.308 e. The minimum absolute atomic E-state index is 0.460. The van der Waals surface area contributed by atoms with Crippen LogP contribution < -0.4 is 5.32 Å². The SMILES string of the molecule is CCC1CNC2(CCCCC2)CN1CCC(C)(C)C. The lowest BCUT2D eigenvalue weighted by Crippen LogP contribution is -2.64. The van der Waals surface area contributed by atoms with Crippen LogP contribution in [0, 0.1) is 5.41 Å². The van der Waals surface area contributed by atoms with Gasteiger partial charge in [0.25, 0.3) is 0 Å². The second-order valence-electron chi connectivity index (χ2n) is 8.07. The van der Waals surface area contributed by atoms with Gasteiger partial charge in [-0.3, -0.25) is 4.90 Å². The Morgan fingerprint density at radius 2 is 1.84 bits per heavy atom. The van der Waals surface area contributed by atoms with Crippen LogP contribution in [0.25, 0.3) is 0 Å². The third-order valence-corrected chi connectivity index (χ3v) is 5.17. The van der Waals surface area contributed by atoms with Crippen molar-refractivity contribution >= 4 is 0 Å². The number of piperazine rings is 1. The molecule has 0 aromatic carbocycles. The third kappa shape index (κ3) is 4.19. The van der Waals surface area contributed by atoms with E-state index < -0.39 is 0 Å². The van der Waals surface area contributed by atoms with Crippen molar-refractivity contribution in [3.63, 3.8) is 0 Å². The molecular formula is C17H34N2. The van der Waals surface area contributed by atoms with Crippen LogP contribution in [0.1, 0.15) is 72.6 Å². The lowest BCUT2D eigenvalue weighted by atomic mass is 9.79. The summed E-state index contributed by atoms with van der Waals surface area (Å²) in [5, 5.41) is 3.92. The van der Waals surface area contributed by atoms with E-state index in [1.54, 1.807) is 0 Å². The van der Waals surface area contributed by atoms with Crippen LogP contribution in [0.2, 0.25) is 0 Å². The lowest BCUT2D eigenvalue weighted by Gasteiger charge is -2.50. The molecule has 1 saturated carbocycles. The summed E-state index contributed by atoms with van der Waals surface area (Å²) in [5.41, 5.74) is 0.921. The Bertz CT molecular complexity index is 273. The van der Waals surface area contributed by atoms with E-state index in [0.29, 0.717) is 11.0 Å². The summed E-state index contributed by atoms with van der Waals surface area (Å²) < 4.78 is 0. The summed E-state index contributed by atoms with van der Waals surface area (Å²) in [6, 6.07) is 0.759. The molecule has 1 heterocycles. The van der Waals surface area contributed by atoms with Crippen molar-refractivity contribution in [1.29, 1.82) is 0 Å². The first-order valence-corrected chi connectivity index (χ1v) is 8.43. The number of nitrogens with zero attached hydrogens (tertiary/aromatic N) is 1. The van der Waals surface area contributed by atoms with Gasteiger partial charge in [0.1, 0.15) is 0 Å². The Morgan fingerprint density at radius 3 is 2.42 bits per heavy atom. The van der Waals surface area contributed by atoms with Gasteiger partial charge in [0.05, 0.1) is 0 Å². The first-order chi connectivity index (χ1) is 8.94. The zero-order chi connectivity index (χ0) is 13.9. The third-order valence-electron chi connectivity index (χ3n) is 5.17. The molecule has 1 saturated heterocycles. The maximum Gasteiger partial charge on any atom is 0.0309 e. The summed E-state index contributed by atoms with van der Waals surface area (Å²) in [5.74, 6) is 0. The number of hydrogen-bond acceptors (Lipinski definition) is 2. The summed E-state index contributed by atoms with van der Waals surface area (Å²) in [4.78, 5) is 2.80. The maximum absolute atomic E-state index is 3.92. The van der Waals surface area contributed by atoms with E-state index >= 15 is 0 Å².